The summed E-state index contributed by atoms with van der Waals surface area (Å²) in [4.78, 5) is 24.5. The molecule has 1 aromatic heterocycles. The van der Waals surface area contributed by atoms with E-state index in [-0.39, 0.29) is 17.5 Å². The fourth-order valence-electron chi connectivity index (χ4n) is 3.29. The summed E-state index contributed by atoms with van der Waals surface area (Å²) in [5.74, 6) is -0.0420. The van der Waals surface area contributed by atoms with E-state index in [9.17, 15) is 9.59 Å². The zero-order valence-electron chi connectivity index (χ0n) is 14.1. The lowest BCUT2D eigenvalue weighted by molar-refractivity contribution is -0.122. The molecule has 1 aliphatic carbocycles. The number of aryl methyl sites for hydroxylation is 1. The Hall–Kier alpha value is -2.50. The van der Waals surface area contributed by atoms with Gasteiger partial charge in [-0.3, -0.25) is 9.59 Å². The lowest BCUT2D eigenvalue weighted by atomic mass is 10.1. The minimum atomic E-state index is -0.428. The molecule has 0 bridgehead atoms. The Labute approximate surface area is 141 Å². The minimum absolute atomic E-state index is 0.0420. The Bertz CT molecular complexity index is 822. The lowest BCUT2D eigenvalue weighted by Gasteiger charge is -2.20. The molecule has 24 heavy (non-hydrogen) atoms. The number of carbonyl (C=O) groups excluding carboxylic acids is 1. The number of hydrogen-bond acceptors (Lipinski definition) is 4. The third kappa shape index (κ3) is 3.22. The number of nitrogen functional groups attached to an aromatic ring is 1. The number of carbonyl (C=O) groups is 1. The Morgan fingerprint density at radius 2 is 2.00 bits per heavy atom. The fourth-order valence-corrected chi connectivity index (χ4v) is 3.29. The molecule has 1 aromatic carbocycles. The molecule has 1 amide bonds. The van der Waals surface area contributed by atoms with Crippen molar-refractivity contribution < 1.29 is 4.79 Å². The molecular formula is C18H24N4O2. The zero-order chi connectivity index (χ0) is 17.3. The lowest BCUT2D eigenvalue weighted by Crippen LogP contribution is -2.42. The van der Waals surface area contributed by atoms with Crippen LogP contribution in [0.1, 0.15) is 32.6 Å². The Morgan fingerprint density at radius 3 is 2.71 bits per heavy atom. The highest BCUT2D eigenvalue weighted by Crippen LogP contribution is 2.24. The quantitative estimate of drug-likeness (QED) is 0.749. The van der Waals surface area contributed by atoms with Crippen LogP contribution >= 0.6 is 0 Å². The number of nitrogens with zero attached hydrogens (tertiary/aromatic N) is 1. The normalized spacial score (nSPS) is 16.2. The first-order valence-electron chi connectivity index (χ1n) is 8.42. The van der Waals surface area contributed by atoms with Crippen LogP contribution in [0.2, 0.25) is 0 Å². The van der Waals surface area contributed by atoms with E-state index in [2.05, 4.69) is 10.6 Å². The number of aromatic nitrogens is 1. The number of pyridine rings is 1. The van der Waals surface area contributed by atoms with Crippen molar-refractivity contribution in [2.45, 2.75) is 44.7 Å². The Balaban J connectivity index is 1.86. The maximum absolute atomic E-state index is 12.4. The van der Waals surface area contributed by atoms with Gasteiger partial charge in [0, 0.05) is 35.9 Å². The third-order valence-electron chi connectivity index (χ3n) is 4.74. The van der Waals surface area contributed by atoms with Gasteiger partial charge in [-0.05, 0) is 38.0 Å². The summed E-state index contributed by atoms with van der Waals surface area (Å²) in [5, 5.41) is 7.08. The molecular weight excluding hydrogens is 304 g/mol. The number of nitrogens with one attached hydrogen (secondary N) is 2. The molecule has 1 heterocycles. The van der Waals surface area contributed by atoms with Crippen molar-refractivity contribution in [3.05, 3.63) is 34.6 Å². The summed E-state index contributed by atoms with van der Waals surface area (Å²) in [5.41, 5.74) is 7.79. The number of hydrogen-bond donors (Lipinski definition) is 3. The highest BCUT2D eigenvalue weighted by molar-refractivity contribution is 5.95. The summed E-state index contributed by atoms with van der Waals surface area (Å²) in [6.45, 7) is 1.81. The topological polar surface area (TPSA) is 89.2 Å². The van der Waals surface area contributed by atoms with Crippen molar-refractivity contribution >= 4 is 28.2 Å². The second-order valence-corrected chi connectivity index (χ2v) is 6.59. The van der Waals surface area contributed by atoms with Crippen molar-refractivity contribution in [2.75, 3.05) is 11.1 Å². The second kappa shape index (κ2) is 6.55. The van der Waals surface area contributed by atoms with E-state index in [4.69, 9.17) is 5.73 Å². The van der Waals surface area contributed by atoms with Crippen LogP contribution < -0.4 is 21.9 Å². The van der Waals surface area contributed by atoms with Crippen LogP contribution in [0.15, 0.2) is 29.1 Å². The average Bonchev–Trinajstić information content (AvgIpc) is 3.05. The van der Waals surface area contributed by atoms with Crippen molar-refractivity contribution in [1.29, 1.82) is 0 Å². The number of anilines is 2. The van der Waals surface area contributed by atoms with Crippen molar-refractivity contribution in [3.8, 4) is 0 Å². The Morgan fingerprint density at radius 1 is 1.29 bits per heavy atom. The first-order chi connectivity index (χ1) is 11.5. The Kier molecular flexibility index (Phi) is 4.46. The van der Waals surface area contributed by atoms with E-state index in [1.165, 1.54) is 18.9 Å². The van der Waals surface area contributed by atoms with E-state index < -0.39 is 6.04 Å². The molecule has 4 N–H and O–H groups in total. The van der Waals surface area contributed by atoms with Gasteiger partial charge in [0.15, 0.2) is 0 Å². The minimum Gasteiger partial charge on any atom is -0.399 e. The molecule has 0 aliphatic heterocycles. The first kappa shape index (κ1) is 16.4. The van der Waals surface area contributed by atoms with Gasteiger partial charge < -0.3 is 20.9 Å². The van der Waals surface area contributed by atoms with Gasteiger partial charge in [-0.15, -0.1) is 0 Å². The molecule has 0 radical (unpaired) electrons. The molecule has 0 spiro atoms. The van der Waals surface area contributed by atoms with Gasteiger partial charge in [0.1, 0.15) is 6.04 Å². The van der Waals surface area contributed by atoms with Gasteiger partial charge in [0.05, 0.1) is 5.52 Å². The molecule has 1 unspecified atom stereocenters. The SMILES string of the molecule is CC(Nc1cc(=O)n(C)c2ccc(N)cc12)C(=O)NC1CCCC1. The summed E-state index contributed by atoms with van der Waals surface area (Å²) in [6, 6.07) is 6.77. The fraction of sp³-hybridized carbons (Fsp3) is 0.444. The summed E-state index contributed by atoms with van der Waals surface area (Å²) >= 11 is 0. The van der Waals surface area contributed by atoms with Crippen LogP contribution in [-0.2, 0) is 11.8 Å². The van der Waals surface area contributed by atoms with Gasteiger partial charge in [0.2, 0.25) is 5.91 Å². The first-order valence-corrected chi connectivity index (χ1v) is 8.42. The number of nitrogens with two attached hydrogens (primary N) is 1. The predicted molar refractivity (Wildman–Crippen MR) is 97.1 cm³/mol. The van der Waals surface area contributed by atoms with Crippen LogP contribution in [0.5, 0.6) is 0 Å². The van der Waals surface area contributed by atoms with Crippen molar-refractivity contribution in [2.24, 2.45) is 7.05 Å². The second-order valence-electron chi connectivity index (χ2n) is 6.59. The molecule has 128 valence electrons. The number of amides is 1. The summed E-state index contributed by atoms with van der Waals surface area (Å²) in [6.07, 6.45) is 4.43. The maximum atomic E-state index is 12.4. The van der Waals surface area contributed by atoms with Crippen LogP contribution in [0, 0.1) is 0 Å². The molecule has 6 nitrogen and oxygen atoms in total. The highest BCUT2D eigenvalue weighted by Gasteiger charge is 2.21. The zero-order valence-corrected chi connectivity index (χ0v) is 14.1. The van der Waals surface area contributed by atoms with Crippen LogP contribution in [0.25, 0.3) is 10.9 Å². The third-order valence-corrected chi connectivity index (χ3v) is 4.74. The van der Waals surface area contributed by atoms with Crippen LogP contribution in [0.3, 0.4) is 0 Å². The largest absolute Gasteiger partial charge is 0.399 e. The highest BCUT2D eigenvalue weighted by atomic mass is 16.2. The van der Waals surface area contributed by atoms with E-state index in [1.807, 2.05) is 12.1 Å². The number of fused-ring (bicyclic) bond motifs is 1. The molecule has 1 fully saturated rings. The van der Waals surface area contributed by atoms with Gasteiger partial charge >= 0.3 is 0 Å². The summed E-state index contributed by atoms with van der Waals surface area (Å²) in [7, 11) is 1.72. The smallest absolute Gasteiger partial charge is 0.252 e. The number of benzene rings is 1. The molecule has 0 saturated heterocycles. The van der Waals surface area contributed by atoms with E-state index >= 15 is 0 Å². The van der Waals surface area contributed by atoms with Gasteiger partial charge in [-0.2, -0.15) is 0 Å². The molecule has 3 rings (SSSR count). The van der Waals surface area contributed by atoms with E-state index in [1.54, 1.807) is 24.6 Å². The average molecular weight is 328 g/mol. The van der Waals surface area contributed by atoms with E-state index in [0.717, 1.165) is 23.7 Å². The van der Waals surface area contributed by atoms with Gasteiger partial charge in [-0.25, -0.2) is 0 Å². The molecule has 1 aliphatic rings. The molecule has 2 aromatic rings. The molecule has 6 heteroatoms. The van der Waals surface area contributed by atoms with Gasteiger partial charge in [-0.1, -0.05) is 12.8 Å². The maximum Gasteiger partial charge on any atom is 0.252 e. The van der Waals surface area contributed by atoms with Crippen molar-refractivity contribution in [1.82, 2.24) is 9.88 Å². The van der Waals surface area contributed by atoms with E-state index in [0.29, 0.717) is 11.4 Å². The monoisotopic (exact) mass is 328 g/mol. The van der Waals surface area contributed by atoms with Crippen LogP contribution in [-0.4, -0.2) is 22.6 Å². The molecule has 1 saturated carbocycles. The van der Waals surface area contributed by atoms with Gasteiger partial charge in [0.25, 0.3) is 5.56 Å². The van der Waals surface area contributed by atoms with Crippen molar-refractivity contribution in [3.63, 3.8) is 0 Å². The summed E-state index contributed by atoms with van der Waals surface area (Å²) < 4.78 is 1.57. The molecule has 1 atom stereocenters. The van der Waals surface area contributed by atoms with Crippen LogP contribution in [0.4, 0.5) is 11.4 Å². The number of rotatable bonds is 4. The standard InChI is InChI=1S/C18H24N4O2/c1-11(18(24)21-13-5-3-4-6-13)20-15-10-17(23)22(2)16-8-7-12(19)9-14(15)16/h7-11,13,20H,3-6,19H2,1-2H3,(H,21,24). The predicted octanol–water partition coefficient (Wildman–Crippen LogP) is 1.98.